The highest BCUT2D eigenvalue weighted by Gasteiger charge is 2.29. The third-order valence-electron chi connectivity index (χ3n) is 3.82. The lowest BCUT2D eigenvalue weighted by atomic mass is 10.2. The molecule has 0 amide bonds. The van der Waals surface area contributed by atoms with Crippen LogP contribution in [0, 0.1) is 12.7 Å². The van der Waals surface area contributed by atoms with Gasteiger partial charge in [-0.25, -0.2) is 4.39 Å². The van der Waals surface area contributed by atoms with Gasteiger partial charge in [-0.2, -0.15) is 0 Å². The SMILES string of the molecule is Cc1cc(Br)c(F)cc1N1CCC(NC2CC2)C1. The normalized spacial score (nSPS) is 23.7. The molecule has 1 aliphatic heterocycles. The van der Waals surface area contributed by atoms with E-state index in [1.807, 2.05) is 13.0 Å². The maximum Gasteiger partial charge on any atom is 0.139 e. The molecular formula is C14H18BrFN2. The second kappa shape index (κ2) is 4.82. The molecule has 1 heterocycles. The van der Waals surface area contributed by atoms with Crippen molar-refractivity contribution in [2.24, 2.45) is 0 Å². The summed E-state index contributed by atoms with van der Waals surface area (Å²) in [7, 11) is 0. The van der Waals surface area contributed by atoms with Gasteiger partial charge in [-0.1, -0.05) is 0 Å². The topological polar surface area (TPSA) is 15.3 Å². The van der Waals surface area contributed by atoms with Crippen molar-refractivity contribution in [2.75, 3.05) is 18.0 Å². The number of nitrogens with one attached hydrogen (secondary N) is 1. The van der Waals surface area contributed by atoms with Gasteiger partial charge in [0.2, 0.25) is 0 Å². The van der Waals surface area contributed by atoms with Crippen molar-refractivity contribution in [1.29, 1.82) is 0 Å². The Morgan fingerprint density at radius 1 is 1.28 bits per heavy atom. The van der Waals surface area contributed by atoms with Crippen molar-refractivity contribution in [3.05, 3.63) is 28.0 Å². The molecule has 1 aliphatic carbocycles. The van der Waals surface area contributed by atoms with Crippen LogP contribution < -0.4 is 10.2 Å². The van der Waals surface area contributed by atoms with Crippen molar-refractivity contribution in [1.82, 2.24) is 5.32 Å². The van der Waals surface area contributed by atoms with Gasteiger partial charge in [-0.3, -0.25) is 0 Å². The molecule has 3 rings (SSSR count). The van der Waals surface area contributed by atoms with E-state index in [2.05, 4.69) is 26.1 Å². The molecule has 2 aliphatic rings. The number of hydrogen-bond donors (Lipinski definition) is 1. The van der Waals surface area contributed by atoms with E-state index in [1.54, 1.807) is 6.07 Å². The Bertz CT molecular complexity index is 459. The monoisotopic (exact) mass is 312 g/mol. The molecule has 1 unspecified atom stereocenters. The van der Waals surface area contributed by atoms with E-state index in [4.69, 9.17) is 0 Å². The molecule has 1 atom stereocenters. The molecule has 98 valence electrons. The maximum atomic E-state index is 13.6. The van der Waals surface area contributed by atoms with Gasteiger partial charge in [0.25, 0.3) is 0 Å². The Morgan fingerprint density at radius 2 is 2.06 bits per heavy atom. The maximum absolute atomic E-state index is 13.6. The van der Waals surface area contributed by atoms with Crippen LogP contribution in [0.1, 0.15) is 24.8 Å². The second-order valence-corrected chi connectivity index (χ2v) is 6.28. The summed E-state index contributed by atoms with van der Waals surface area (Å²) in [6, 6.07) is 4.84. The van der Waals surface area contributed by atoms with Gasteiger partial charge in [0.15, 0.2) is 0 Å². The Morgan fingerprint density at radius 3 is 2.78 bits per heavy atom. The smallest absolute Gasteiger partial charge is 0.139 e. The van der Waals surface area contributed by atoms with Crippen molar-refractivity contribution in [3.8, 4) is 0 Å². The van der Waals surface area contributed by atoms with Crippen LogP contribution in [-0.4, -0.2) is 25.2 Å². The highest BCUT2D eigenvalue weighted by Crippen LogP contribution is 2.30. The molecule has 0 aromatic heterocycles. The molecule has 1 aromatic rings. The Kier molecular flexibility index (Phi) is 3.32. The molecule has 1 saturated heterocycles. The van der Waals surface area contributed by atoms with Crippen LogP contribution in [0.15, 0.2) is 16.6 Å². The quantitative estimate of drug-likeness (QED) is 0.922. The van der Waals surface area contributed by atoms with Crippen molar-refractivity contribution in [2.45, 2.75) is 38.3 Å². The molecule has 1 saturated carbocycles. The first-order valence-corrected chi connectivity index (χ1v) is 7.39. The van der Waals surface area contributed by atoms with Crippen molar-refractivity contribution < 1.29 is 4.39 Å². The van der Waals surface area contributed by atoms with E-state index in [0.717, 1.165) is 36.8 Å². The summed E-state index contributed by atoms with van der Waals surface area (Å²) in [5.41, 5.74) is 2.17. The first-order valence-electron chi connectivity index (χ1n) is 6.60. The van der Waals surface area contributed by atoms with E-state index in [9.17, 15) is 4.39 Å². The van der Waals surface area contributed by atoms with E-state index >= 15 is 0 Å². The third-order valence-corrected chi connectivity index (χ3v) is 4.42. The third kappa shape index (κ3) is 2.54. The lowest BCUT2D eigenvalue weighted by Crippen LogP contribution is -2.34. The predicted molar refractivity (Wildman–Crippen MR) is 75.6 cm³/mol. The summed E-state index contributed by atoms with van der Waals surface area (Å²) >= 11 is 3.24. The zero-order valence-corrected chi connectivity index (χ0v) is 12.1. The van der Waals surface area contributed by atoms with E-state index in [-0.39, 0.29) is 5.82 Å². The largest absolute Gasteiger partial charge is 0.370 e. The molecule has 0 spiro atoms. The minimum atomic E-state index is -0.172. The van der Waals surface area contributed by atoms with E-state index in [1.165, 1.54) is 12.8 Å². The zero-order valence-electron chi connectivity index (χ0n) is 10.5. The van der Waals surface area contributed by atoms with Gasteiger partial charge in [0, 0.05) is 30.9 Å². The molecule has 1 N–H and O–H groups in total. The Labute approximate surface area is 116 Å². The minimum Gasteiger partial charge on any atom is -0.370 e. The number of hydrogen-bond acceptors (Lipinski definition) is 2. The summed E-state index contributed by atoms with van der Waals surface area (Å²) in [6.45, 7) is 4.06. The van der Waals surface area contributed by atoms with Crippen LogP contribution in [0.3, 0.4) is 0 Å². The summed E-state index contributed by atoms with van der Waals surface area (Å²) in [4.78, 5) is 2.30. The molecule has 2 fully saturated rings. The predicted octanol–water partition coefficient (Wildman–Crippen LogP) is 3.23. The molecule has 0 bridgehead atoms. The molecule has 4 heteroatoms. The van der Waals surface area contributed by atoms with Gasteiger partial charge in [0.05, 0.1) is 4.47 Å². The minimum absolute atomic E-state index is 0.172. The fraction of sp³-hybridized carbons (Fsp3) is 0.571. The Balaban J connectivity index is 1.73. The lowest BCUT2D eigenvalue weighted by Gasteiger charge is -2.21. The summed E-state index contributed by atoms with van der Waals surface area (Å²) in [5.74, 6) is -0.172. The van der Waals surface area contributed by atoms with Gasteiger partial charge in [-0.05, 0) is 59.8 Å². The van der Waals surface area contributed by atoms with Crippen LogP contribution in [0.25, 0.3) is 0 Å². The first-order chi connectivity index (χ1) is 8.63. The first kappa shape index (κ1) is 12.4. The van der Waals surface area contributed by atoms with Crippen LogP contribution in [0.2, 0.25) is 0 Å². The van der Waals surface area contributed by atoms with E-state index < -0.39 is 0 Å². The highest BCUT2D eigenvalue weighted by molar-refractivity contribution is 9.10. The fourth-order valence-corrected chi connectivity index (χ4v) is 3.13. The zero-order chi connectivity index (χ0) is 12.7. The summed E-state index contributed by atoms with van der Waals surface area (Å²) in [6.07, 6.45) is 3.80. The molecule has 0 radical (unpaired) electrons. The van der Waals surface area contributed by atoms with Crippen LogP contribution in [0.4, 0.5) is 10.1 Å². The number of nitrogens with zero attached hydrogens (tertiary/aromatic N) is 1. The lowest BCUT2D eigenvalue weighted by molar-refractivity contribution is 0.548. The molecule has 1 aromatic carbocycles. The van der Waals surface area contributed by atoms with Gasteiger partial charge in [-0.15, -0.1) is 0 Å². The molecule has 18 heavy (non-hydrogen) atoms. The van der Waals surface area contributed by atoms with Gasteiger partial charge < -0.3 is 10.2 Å². The molecular weight excluding hydrogens is 295 g/mol. The van der Waals surface area contributed by atoms with E-state index in [0.29, 0.717) is 10.5 Å². The van der Waals surface area contributed by atoms with Gasteiger partial charge >= 0.3 is 0 Å². The van der Waals surface area contributed by atoms with Crippen LogP contribution in [0.5, 0.6) is 0 Å². The van der Waals surface area contributed by atoms with Crippen LogP contribution >= 0.6 is 15.9 Å². The fourth-order valence-electron chi connectivity index (χ4n) is 2.67. The number of rotatable bonds is 3. The number of aryl methyl sites for hydroxylation is 1. The van der Waals surface area contributed by atoms with Crippen molar-refractivity contribution in [3.63, 3.8) is 0 Å². The number of anilines is 1. The number of benzene rings is 1. The van der Waals surface area contributed by atoms with Crippen LogP contribution in [-0.2, 0) is 0 Å². The summed E-state index contributed by atoms with van der Waals surface area (Å²) in [5, 5.41) is 3.65. The van der Waals surface area contributed by atoms with Crippen molar-refractivity contribution >= 4 is 21.6 Å². The average molecular weight is 313 g/mol. The van der Waals surface area contributed by atoms with Gasteiger partial charge in [0.1, 0.15) is 5.82 Å². The second-order valence-electron chi connectivity index (χ2n) is 5.43. The average Bonchev–Trinajstić information content (AvgIpc) is 3.01. The molecule has 2 nitrogen and oxygen atoms in total. The highest BCUT2D eigenvalue weighted by atomic mass is 79.9. The standard InChI is InChI=1S/C14H18BrFN2/c1-9-6-12(15)13(16)7-14(9)18-5-4-11(8-18)17-10-2-3-10/h6-7,10-11,17H,2-5,8H2,1H3. The Hall–Kier alpha value is -0.610. The summed E-state index contributed by atoms with van der Waals surface area (Å²) < 4.78 is 14.2. The number of halogens is 2.